The van der Waals surface area contributed by atoms with Gasteiger partial charge in [-0.3, -0.25) is 4.79 Å². The molecule has 3 N–H and O–H groups in total. The zero-order valence-electron chi connectivity index (χ0n) is 16.0. The Morgan fingerprint density at radius 3 is 2.79 bits per heavy atom. The van der Waals surface area contributed by atoms with E-state index in [0.717, 1.165) is 16.1 Å². The first-order valence-electron chi connectivity index (χ1n) is 8.97. The lowest BCUT2D eigenvalue weighted by molar-refractivity contribution is 0.0944. The van der Waals surface area contributed by atoms with Crippen LogP contribution in [0.3, 0.4) is 0 Å². The standard InChI is InChI=1S/C20H23N5O3/c1-4-27-16-7-5-6-15(10-16)24-18-9-14(20(26)25-12-22-11-23-25)8-17(21)19(18)28-13(2)3/h5-13,24H,4,21H2,1-3H3. The molecule has 0 radical (unpaired) electrons. The number of carbonyl (C=O) groups excluding carboxylic acids is 1. The molecule has 0 amide bonds. The number of rotatable bonds is 7. The Hall–Kier alpha value is -3.55. The third-order valence-corrected chi connectivity index (χ3v) is 3.77. The fraction of sp³-hybridized carbons (Fsp3) is 0.250. The number of hydrogen-bond acceptors (Lipinski definition) is 7. The molecule has 8 heteroatoms. The molecule has 0 fully saturated rings. The van der Waals surface area contributed by atoms with Crippen molar-refractivity contribution in [3.05, 3.63) is 54.6 Å². The number of aromatic nitrogens is 3. The Morgan fingerprint density at radius 1 is 1.29 bits per heavy atom. The van der Waals surface area contributed by atoms with Gasteiger partial charge in [0.1, 0.15) is 18.4 Å². The first-order valence-corrected chi connectivity index (χ1v) is 8.97. The largest absolute Gasteiger partial charge is 0.494 e. The van der Waals surface area contributed by atoms with E-state index in [0.29, 0.717) is 29.3 Å². The number of nitrogens with two attached hydrogens (primary N) is 1. The van der Waals surface area contributed by atoms with E-state index in [1.165, 1.54) is 12.7 Å². The van der Waals surface area contributed by atoms with Crippen molar-refractivity contribution in [2.75, 3.05) is 17.7 Å². The smallest absolute Gasteiger partial charge is 0.279 e. The average molecular weight is 381 g/mol. The van der Waals surface area contributed by atoms with Gasteiger partial charge in [-0.15, -0.1) is 0 Å². The van der Waals surface area contributed by atoms with E-state index >= 15 is 0 Å². The molecule has 3 rings (SSSR count). The molecule has 0 atom stereocenters. The molecule has 146 valence electrons. The van der Waals surface area contributed by atoms with Gasteiger partial charge in [0.2, 0.25) is 0 Å². The molecular weight excluding hydrogens is 358 g/mol. The summed E-state index contributed by atoms with van der Waals surface area (Å²) in [5, 5.41) is 7.16. The third-order valence-electron chi connectivity index (χ3n) is 3.77. The number of nitrogens with one attached hydrogen (secondary N) is 1. The van der Waals surface area contributed by atoms with Crippen LogP contribution in [0, 0.1) is 0 Å². The van der Waals surface area contributed by atoms with Gasteiger partial charge in [-0.2, -0.15) is 9.78 Å². The maximum absolute atomic E-state index is 12.7. The number of hydrogen-bond donors (Lipinski definition) is 2. The lowest BCUT2D eigenvalue weighted by atomic mass is 10.1. The maximum atomic E-state index is 12.7. The van der Waals surface area contributed by atoms with E-state index in [-0.39, 0.29) is 12.0 Å². The van der Waals surface area contributed by atoms with Crippen LogP contribution in [0.2, 0.25) is 0 Å². The van der Waals surface area contributed by atoms with Crippen LogP contribution < -0.4 is 20.5 Å². The van der Waals surface area contributed by atoms with Gasteiger partial charge >= 0.3 is 0 Å². The predicted octanol–water partition coefficient (Wildman–Crippen LogP) is 3.48. The Labute approximate surface area is 163 Å². The highest BCUT2D eigenvalue weighted by Gasteiger charge is 2.17. The number of anilines is 3. The van der Waals surface area contributed by atoms with Gasteiger partial charge in [-0.05, 0) is 45.0 Å². The van der Waals surface area contributed by atoms with Gasteiger partial charge in [0.05, 0.1) is 24.1 Å². The number of nitrogens with zero attached hydrogens (tertiary/aromatic N) is 3. The SMILES string of the molecule is CCOc1cccc(Nc2cc(C(=O)n3cncn3)cc(N)c2OC(C)C)c1. The minimum absolute atomic E-state index is 0.0884. The summed E-state index contributed by atoms with van der Waals surface area (Å²) in [7, 11) is 0. The van der Waals surface area contributed by atoms with Gasteiger partial charge in [-0.1, -0.05) is 6.07 Å². The molecule has 3 aromatic rings. The summed E-state index contributed by atoms with van der Waals surface area (Å²) in [6.07, 6.45) is 2.56. The number of ether oxygens (including phenoxy) is 2. The number of benzene rings is 2. The second kappa shape index (κ2) is 8.43. The summed E-state index contributed by atoms with van der Waals surface area (Å²) in [5.41, 5.74) is 8.28. The quantitative estimate of drug-likeness (QED) is 0.604. The minimum atomic E-state index is -0.341. The van der Waals surface area contributed by atoms with Crippen molar-refractivity contribution >= 4 is 23.0 Å². The highest BCUT2D eigenvalue weighted by Crippen LogP contribution is 2.36. The second-order valence-corrected chi connectivity index (χ2v) is 6.34. The minimum Gasteiger partial charge on any atom is -0.494 e. The summed E-state index contributed by atoms with van der Waals surface area (Å²) in [4.78, 5) is 16.5. The summed E-state index contributed by atoms with van der Waals surface area (Å²) < 4.78 is 12.6. The van der Waals surface area contributed by atoms with Crippen molar-refractivity contribution in [1.29, 1.82) is 0 Å². The summed E-state index contributed by atoms with van der Waals surface area (Å²) >= 11 is 0. The summed E-state index contributed by atoms with van der Waals surface area (Å²) in [6, 6.07) is 10.8. The van der Waals surface area contributed by atoms with E-state index in [9.17, 15) is 4.79 Å². The highest BCUT2D eigenvalue weighted by atomic mass is 16.5. The van der Waals surface area contributed by atoms with Crippen molar-refractivity contribution in [1.82, 2.24) is 14.8 Å². The molecule has 1 heterocycles. The molecule has 0 aliphatic heterocycles. The van der Waals surface area contributed by atoms with Crippen LogP contribution >= 0.6 is 0 Å². The van der Waals surface area contributed by atoms with Crippen LogP contribution in [-0.4, -0.2) is 33.4 Å². The second-order valence-electron chi connectivity index (χ2n) is 6.34. The van der Waals surface area contributed by atoms with Crippen LogP contribution in [0.4, 0.5) is 17.1 Å². The summed E-state index contributed by atoms with van der Waals surface area (Å²) in [6.45, 7) is 6.31. The fourth-order valence-corrected chi connectivity index (χ4v) is 2.67. The van der Waals surface area contributed by atoms with Gasteiger partial charge in [0.15, 0.2) is 5.75 Å². The Bertz CT molecular complexity index is 954. The molecule has 28 heavy (non-hydrogen) atoms. The molecule has 0 spiro atoms. The summed E-state index contributed by atoms with van der Waals surface area (Å²) in [5.74, 6) is 0.875. The lowest BCUT2D eigenvalue weighted by Gasteiger charge is -2.19. The van der Waals surface area contributed by atoms with Gasteiger partial charge in [-0.25, -0.2) is 4.98 Å². The third kappa shape index (κ3) is 4.40. The molecule has 8 nitrogen and oxygen atoms in total. The van der Waals surface area contributed by atoms with Crippen LogP contribution in [0.5, 0.6) is 11.5 Å². The molecule has 0 unspecified atom stereocenters. The Morgan fingerprint density at radius 2 is 2.11 bits per heavy atom. The topological polar surface area (TPSA) is 104 Å². The molecular formula is C20H23N5O3. The van der Waals surface area contributed by atoms with Crippen LogP contribution in [0.15, 0.2) is 49.1 Å². The highest BCUT2D eigenvalue weighted by molar-refractivity contribution is 5.98. The van der Waals surface area contributed by atoms with E-state index in [4.69, 9.17) is 15.2 Å². The van der Waals surface area contributed by atoms with E-state index in [1.807, 2.05) is 45.0 Å². The molecule has 0 saturated carbocycles. The van der Waals surface area contributed by atoms with Crippen LogP contribution in [-0.2, 0) is 0 Å². The molecule has 0 saturated heterocycles. The molecule has 0 aliphatic carbocycles. The molecule has 0 aliphatic rings. The van der Waals surface area contributed by atoms with Crippen molar-refractivity contribution in [2.24, 2.45) is 0 Å². The molecule has 2 aromatic carbocycles. The predicted molar refractivity (Wildman–Crippen MR) is 107 cm³/mol. The lowest BCUT2D eigenvalue weighted by Crippen LogP contribution is -2.15. The van der Waals surface area contributed by atoms with Gasteiger partial charge in [0, 0.05) is 17.3 Å². The number of nitrogen functional groups attached to an aromatic ring is 1. The van der Waals surface area contributed by atoms with Crippen molar-refractivity contribution in [3.63, 3.8) is 0 Å². The zero-order valence-corrected chi connectivity index (χ0v) is 16.0. The fourth-order valence-electron chi connectivity index (χ4n) is 2.67. The van der Waals surface area contributed by atoms with E-state index < -0.39 is 0 Å². The van der Waals surface area contributed by atoms with Gasteiger partial charge < -0.3 is 20.5 Å². The Balaban J connectivity index is 2.00. The normalized spacial score (nSPS) is 10.7. The monoisotopic (exact) mass is 381 g/mol. The van der Waals surface area contributed by atoms with Crippen LogP contribution in [0.25, 0.3) is 0 Å². The van der Waals surface area contributed by atoms with Crippen LogP contribution in [0.1, 0.15) is 31.1 Å². The zero-order chi connectivity index (χ0) is 20.1. The van der Waals surface area contributed by atoms with Crippen molar-refractivity contribution in [3.8, 4) is 11.5 Å². The Kier molecular flexibility index (Phi) is 5.78. The van der Waals surface area contributed by atoms with E-state index in [2.05, 4.69) is 15.4 Å². The van der Waals surface area contributed by atoms with Gasteiger partial charge in [0.25, 0.3) is 5.91 Å². The van der Waals surface area contributed by atoms with E-state index in [1.54, 1.807) is 12.1 Å². The first-order chi connectivity index (χ1) is 13.5. The van der Waals surface area contributed by atoms with Crippen molar-refractivity contribution < 1.29 is 14.3 Å². The molecule has 1 aromatic heterocycles. The maximum Gasteiger partial charge on any atom is 0.279 e. The first kappa shape index (κ1) is 19.2. The number of carbonyl (C=O) groups is 1. The average Bonchev–Trinajstić information content (AvgIpc) is 3.19. The van der Waals surface area contributed by atoms with Crippen molar-refractivity contribution in [2.45, 2.75) is 26.9 Å². The molecule has 0 bridgehead atoms.